The Hall–Kier alpha value is -0.990. The highest BCUT2D eigenvalue weighted by Crippen LogP contribution is 2.31. The van der Waals surface area contributed by atoms with Gasteiger partial charge in [0.15, 0.2) is 0 Å². The normalized spacial score (nSPS) is 24.6. The van der Waals surface area contributed by atoms with Gasteiger partial charge in [0.2, 0.25) is 10.0 Å². The molecular formula is C17H27N3O3S2. The Kier molecular flexibility index (Phi) is 5.51. The van der Waals surface area contributed by atoms with Crippen LogP contribution in [0.5, 0.6) is 0 Å². The lowest BCUT2D eigenvalue weighted by Crippen LogP contribution is -2.53. The van der Waals surface area contributed by atoms with E-state index < -0.39 is 20.8 Å². The maximum absolute atomic E-state index is 12.6. The largest absolute Gasteiger partial charge is 0.354 e. The van der Waals surface area contributed by atoms with E-state index in [1.807, 2.05) is 0 Å². The molecule has 0 N–H and O–H groups in total. The van der Waals surface area contributed by atoms with E-state index in [0.717, 1.165) is 31.5 Å². The molecule has 0 aromatic carbocycles. The summed E-state index contributed by atoms with van der Waals surface area (Å²) in [5.41, 5.74) is 0. The number of anilines is 1. The van der Waals surface area contributed by atoms with Gasteiger partial charge in [-0.25, -0.2) is 13.4 Å². The number of sulfonamides is 1. The Balaban J connectivity index is 1.79. The smallest absolute Gasteiger partial charge is 0.244 e. The molecule has 1 aromatic heterocycles. The molecule has 2 fully saturated rings. The lowest BCUT2D eigenvalue weighted by molar-refractivity contribution is 0.477. The van der Waals surface area contributed by atoms with Crippen LogP contribution in [-0.2, 0) is 20.8 Å². The van der Waals surface area contributed by atoms with Crippen LogP contribution in [0, 0.1) is 0 Å². The SMILES string of the molecule is CCC1(CC)CN(c2ccc(S(=O)(=O)N3CCCC3)cn2)CCS1=O. The fourth-order valence-electron chi connectivity index (χ4n) is 3.69. The fraction of sp³-hybridized carbons (Fsp3) is 0.706. The van der Waals surface area contributed by atoms with Gasteiger partial charge in [-0.2, -0.15) is 4.31 Å². The minimum absolute atomic E-state index is 0.194. The van der Waals surface area contributed by atoms with Crippen molar-refractivity contribution in [2.45, 2.75) is 49.2 Å². The minimum atomic E-state index is -3.42. The Morgan fingerprint density at radius 2 is 1.84 bits per heavy atom. The summed E-state index contributed by atoms with van der Waals surface area (Å²) in [5, 5.41) is 0. The molecule has 25 heavy (non-hydrogen) atoms. The van der Waals surface area contributed by atoms with Crippen molar-refractivity contribution < 1.29 is 12.6 Å². The van der Waals surface area contributed by atoms with Gasteiger partial charge in [0.1, 0.15) is 10.7 Å². The highest BCUT2D eigenvalue weighted by atomic mass is 32.2. The number of pyridine rings is 1. The summed E-state index contributed by atoms with van der Waals surface area (Å²) in [6, 6.07) is 3.44. The topological polar surface area (TPSA) is 70.6 Å². The quantitative estimate of drug-likeness (QED) is 0.775. The zero-order valence-corrected chi connectivity index (χ0v) is 16.6. The third-order valence-electron chi connectivity index (χ3n) is 5.54. The van der Waals surface area contributed by atoms with Crippen molar-refractivity contribution in [3.05, 3.63) is 18.3 Å². The molecule has 0 spiro atoms. The molecule has 0 aliphatic carbocycles. The summed E-state index contributed by atoms with van der Waals surface area (Å²) in [5.74, 6) is 1.40. The summed E-state index contributed by atoms with van der Waals surface area (Å²) in [7, 11) is -4.25. The van der Waals surface area contributed by atoms with Crippen LogP contribution < -0.4 is 4.90 Å². The molecule has 1 unspecified atom stereocenters. The Bertz CT molecular complexity index is 724. The van der Waals surface area contributed by atoms with Crippen LogP contribution in [0.2, 0.25) is 0 Å². The van der Waals surface area contributed by atoms with Crippen molar-refractivity contribution in [1.82, 2.24) is 9.29 Å². The first-order chi connectivity index (χ1) is 11.9. The monoisotopic (exact) mass is 385 g/mol. The maximum Gasteiger partial charge on any atom is 0.244 e. The van der Waals surface area contributed by atoms with Crippen molar-refractivity contribution in [3.8, 4) is 0 Å². The predicted octanol–water partition coefficient (Wildman–Crippen LogP) is 1.99. The molecule has 2 saturated heterocycles. The van der Waals surface area contributed by atoms with Gasteiger partial charge in [-0.3, -0.25) is 4.21 Å². The van der Waals surface area contributed by atoms with E-state index in [4.69, 9.17) is 0 Å². The molecule has 3 rings (SSSR count). The van der Waals surface area contributed by atoms with Crippen LogP contribution in [0.1, 0.15) is 39.5 Å². The van der Waals surface area contributed by atoms with Gasteiger partial charge in [0.05, 0.1) is 4.75 Å². The summed E-state index contributed by atoms with van der Waals surface area (Å²) in [6.07, 6.45) is 5.05. The van der Waals surface area contributed by atoms with Gasteiger partial charge in [0, 0.05) is 48.9 Å². The molecule has 0 bridgehead atoms. The Labute approximate surface area is 153 Å². The number of hydrogen-bond acceptors (Lipinski definition) is 5. The number of aromatic nitrogens is 1. The van der Waals surface area contributed by atoms with Crippen LogP contribution in [0.15, 0.2) is 23.2 Å². The molecular weight excluding hydrogens is 358 g/mol. The van der Waals surface area contributed by atoms with E-state index in [1.165, 1.54) is 10.5 Å². The van der Waals surface area contributed by atoms with E-state index in [0.29, 0.717) is 31.9 Å². The lowest BCUT2D eigenvalue weighted by atomic mass is 10.0. The molecule has 0 saturated carbocycles. The second-order valence-electron chi connectivity index (χ2n) is 6.82. The second kappa shape index (κ2) is 7.32. The first-order valence-corrected chi connectivity index (χ1v) is 11.8. The van der Waals surface area contributed by atoms with Crippen molar-refractivity contribution in [1.29, 1.82) is 0 Å². The summed E-state index contributed by atoms with van der Waals surface area (Å²) in [4.78, 5) is 6.82. The van der Waals surface area contributed by atoms with Gasteiger partial charge in [-0.15, -0.1) is 0 Å². The molecule has 3 heterocycles. The van der Waals surface area contributed by atoms with E-state index in [2.05, 4.69) is 23.7 Å². The molecule has 0 amide bonds. The molecule has 8 heteroatoms. The highest BCUT2D eigenvalue weighted by molar-refractivity contribution is 7.89. The molecule has 2 aliphatic rings. The Morgan fingerprint density at radius 1 is 1.16 bits per heavy atom. The van der Waals surface area contributed by atoms with Crippen LogP contribution in [0.4, 0.5) is 5.82 Å². The standard InChI is InChI=1S/C17H27N3O3S2/c1-3-17(4-2)14-19(11-12-24(17)21)16-8-7-15(13-18-16)25(22,23)20-9-5-6-10-20/h7-8,13H,3-6,9-12,14H2,1-2H3. The zero-order chi connectivity index (χ0) is 18.1. The van der Waals surface area contributed by atoms with Gasteiger partial charge in [-0.1, -0.05) is 13.8 Å². The summed E-state index contributed by atoms with van der Waals surface area (Å²) >= 11 is 0. The first-order valence-electron chi connectivity index (χ1n) is 9.02. The highest BCUT2D eigenvalue weighted by Gasteiger charge is 2.39. The zero-order valence-electron chi connectivity index (χ0n) is 15.0. The first kappa shape index (κ1) is 18.8. The third-order valence-corrected chi connectivity index (χ3v) is 9.65. The predicted molar refractivity (Wildman–Crippen MR) is 101 cm³/mol. The van der Waals surface area contributed by atoms with Crippen LogP contribution in [0.25, 0.3) is 0 Å². The summed E-state index contributed by atoms with van der Waals surface area (Å²) < 4.78 is 39.0. The van der Waals surface area contributed by atoms with Crippen molar-refractivity contribution in [2.24, 2.45) is 0 Å². The minimum Gasteiger partial charge on any atom is -0.354 e. The maximum atomic E-state index is 12.6. The number of hydrogen-bond donors (Lipinski definition) is 0. The molecule has 1 atom stereocenters. The van der Waals surface area contributed by atoms with Gasteiger partial charge >= 0.3 is 0 Å². The van der Waals surface area contributed by atoms with Crippen molar-refractivity contribution >= 4 is 26.6 Å². The lowest BCUT2D eigenvalue weighted by Gasteiger charge is -2.41. The average Bonchev–Trinajstić information content (AvgIpc) is 3.18. The Morgan fingerprint density at radius 3 is 2.40 bits per heavy atom. The molecule has 0 radical (unpaired) electrons. The van der Waals surface area contributed by atoms with Crippen molar-refractivity contribution in [2.75, 3.05) is 36.8 Å². The average molecular weight is 386 g/mol. The molecule has 6 nitrogen and oxygen atoms in total. The van der Waals surface area contributed by atoms with Crippen LogP contribution in [-0.4, -0.2) is 58.6 Å². The molecule has 2 aliphatic heterocycles. The van der Waals surface area contributed by atoms with E-state index in [-0.39, 0.29) is 9.64 Å². The number of rotatable bonds is 5. The van der Waals surface area contributed by atoms with E-state index in [1.54, 1.807) is 12.1 Å². The van der Waals surface area contributed by atoms with Crippen LogP contribution in [0.3, 0.4) is 0 Å². The third kappa shape index (κ3) is 3.48. The number of nitrogens with zero attached hydrogens (tertiary/aromatic N) is 3. The molecule has 1 aromatic rings. The van der Waals surface area contributed by atoms with Gasteiger partial charge < -0.3 is 4.90 Å². The summed E-state index contributed by atoms with van der Waals surface area (Å²) in [6.45, 7) is 6.76. The van der Waals surface area contributed by atoms with Crippen molar-refractivity contribution in [3.63, 3.8) is 0 Å². The van der Waals surface area contributed by atoms with E-state index in [9.17, 15) is 12.6 Å². The molecule has 140 valence electrons. The second-order valence-corrected chi connectivity index (χ2v) is 10.7. The van der Waals surface area contributed by atoms with Crippen LogP contribution >= 0.6 is 0 Å². The fourth-order valence-corrected chi connectivity index (χ4v) is 6.92. The van der Waals surface area contributed by atoms with Gasteiger partial charge in [0.25, 0.3) is 0 Å². The van der Waals surface area contributed by atoms with Gasteiger partial charge in [-0.05, 0) is 37.8 Å². The van der Waals surface area contributed by atoms with E-state index >= 15 is 0 Å².